The van der Waals surface area contributed by atoms with E-state index in [9.17, 15) is 0 Å². The number of nitrogens with one attached hydrogen (secondary N) is 2. The third-order valence-electron chi connectivity index (χ3n) is 5.01. The van der Waals surface area contributed by atoms with Crippen molar-refractivity contribution >= 4 is 53.1 Å². The zero-order chi connectivity index (χ0) is 19.4. The minimum Gasteiger partial charge on any atom is -0.465 e. The lowest BCUT2D eigenvalue weighted by Crippen LogP contribution is -2.42. The van der Waals surface area contributed by atoms with Gasteiger partial charge >= 0.3 is 0 Å². The molecule has 2 aromatic rings. The number of guanidine groups is 1. The summed E-state index contributed by atoms with van der Waals surface area (Å²) >= 11 is 12.2. The molecular weight excluding hydrogens is 512 g/mol. The second kappa shape index (κ2) is 10.8. The van der Waals surface area contributed by atoms with E-state index in [1.807, 2.05) is 30.7 Å². The van der Waals surface area contributed by atoms with Gasteiger partial charge in [-0.25, -0.2) is 0 Å². The first-order valence-electron chi connectivity index (χ1n) is 9.24. The van der Waals surface area contributed by atoms with E-state index >= 15 is 0 Å². The molecule has 0 aliphatic carbocycles. The third kappa shape index (κ3) is 5.58. The van der Waals surface area contributed by atoms with Gasteiger partial charge in [-0.05, 0) is 51.1 Å². The number of hydrogen-bond donors (Lipinski definition) is 2. The Balaban J connectivity index is 0.00000280. The van der Waals surface area contributed by atoms with Crippen molar-refractivity contribution in [2.45, 2.75) is 32.4 Å². The highest BCUT2D eigenvalue weighted by Gasteiger charge is 2.26. The van der Waals surface area contributed by atoms with Crippen LogP contribution in [0.1, 0.15) is 36.1 Å². The molecule has 1 fully saturated rings. The molecule has 0 amide bonds. The van der Waals surface area contributed by atoms with E-state index < -0.39 is 0 Å². The van der Waals surface area contributed by atoms with Crippen LogP contribution < -0.4 is 10.6 Å². The lowest BCUT2D eigenvalue weighted by molar-refractivity contribution is 0.213. The number of rotatable bonds is 6. The average Bonchev–Trinajstić information content (AvgIpc) is 3.38. The molecule has 2 N–H and O–H groups in total. The van der Waals surface area contributed by atoms with Gasteiger partial charge in [0.2, 0.25) is 0 Å². The lowest BCUT2D eigenvalue weighted by atomic mass is 10.2. The summed E-state index contributed by atoms with van der Waals surface area (Å²) in [4.78, 5) is 6.80. The van der Waals surface area contributed by atoms with E-state index in [4.69, 9.17) is 27.6 Å². The monoisotopic (exact) mass is 539 g/mol. The highest BCUT2D eigenvalue weighted by molar-refractivity contribution is 14.0. The van der Waals surface area contributed by atoms with Crippen molar-refractivity contribution in [3.05, 3.63) is 45.6 Å². The molecule has 3 heterocycles. The first-order valence-corrected chi connectivity index (χ1v) is 9.99. The van der Waals surface area contributed by atoms with E-state index in [0.717, 1.165) is 42.8 Å². The summed E-state index contributed by atoms with van der Waals surface area (Å²) in [5.74, 6) is 2.67. The molecule has 1 aliphatic heterocycles. The highest BCUT2D eigenvalue weighted by Crippen LogP contribution is 2.26. The molecule has 0 radical (unpaired) electrons. The SMILES string of the molecule is CN=C(NCc1cc(Cl)c(Cl)n1C)NCC(c1ccc(C)o1)N1CCCC1.I. The summed E-state index contributed by atoms with van der Waals surface area (Å²) in [6.45, 7) is 5.48. The fourth-order valence-electron chi connectivity index (χ4n) is 3.44. The quantitative estimate of drug-likeness (QED) is 0.325. The Labute approximate surface area is 193 Å². The van der Waals surface area contributed by atoms with E-state index in [2.05, 4.69) is 26.6 Å². The number of furan rings is 1. The Hall–Kier alpha value is -0.900. The Morgan fingerprint density at radius 1 is 1.25 bits per heavy atom. The number of hydrogen-bond acceptors (Lipinski definition) is 3. The molecule has 9 heteroatoms. The van der Waals surface area contributed by atoms with Crippen LogP contribution in [0.25, 0.3) is 0 Å². The molecule has 0 bridgehead atoms. The smallest absolute Gasteiger partial charge is 0.191 e. The molecule has 2 aromatic heterocycles. The fourth-order valence-corrected chi connectivity index (χ4v) is 3.86. The van der Waals surface area contributed by atoms with Gasteiger partial charge < -0.3 is 19.6 Å². The topological polar surface area (TPSA) is 57.7 Å². The van der Waals surface area contributed by atoms with Gasteiger partial charge in [0.05, 0.1) is 17.6 Å². The van der Waals surface area contributed by atoms with Crippen LogP contribution in [0, 0.1) is 6.92 Å². The van der Waals surface area contributed by atoms with Crippen LogP contribution in [0.15, 0.2) is 27.6 Å². The molecule has 1 aliphatic rings. The highest BCUT2D eigenvalue weighted by atomic mass is 127. The van der Waals surface area contributed by atoms with E-state index in [1.54, 1.807) is 7.05 Å². The number of aromatic nitrogens is 1. The number of halogens is 3. The normalized spacial score (nSPS) is 16.1. The van der Waals surface area contributed by atoms with Crippen molar-refractivity contribution < 1.29 is 4.42 Å². The van der Waals surface area contributed by atoms with Crippen molar-refractivity contribution in [2.24, 2.45) is 12.0 Å². The molecule has 1 atom stereocenters. The van der Waals surface area contributed by atoms with Crippen molar-refractivity contribution in [2.75, 3.05) is 26.7 Å². The molecule has 28 heavy (non-hydrogen) atoms. The Morgan fingerprint density at radius 3 is 2.50 bits per heavy atom. The molecule has 156 valence electrons. The van der Waals surface area contributed by atoms with Gasteiger partial charge in [-0.15, -0.1) is 24.0 Å². The van der Waals surface area contributed by atoms with Gasteiger partial charge in [-0.1, -0.05) is 23.2 Å². The van der Waals surface area contributed by atoms with Crippen LogP contribution in [-0.2, 0) is 13.6 Å². The number of aryl methyl sites for hydroxylation is 1. The first kappa shape index (κ1) is 23.4. The largest absolute Gasteiger partial charge is 0.465 e. The van der Waals surface area contributed by atoms with Crippen LogP contribution in [-0.4, -0.2) is 42.1 Å². The minimum absolute atomic E-state index is 0. The Bertz CT molecular complexity index is 798. The third-order valence-corrected chi connectivity index (χ3v) is 5.85. The van der Waals surface area contributed by atoms with Crippen molar-refractivity contribution in [3.8, 4) is 0 Å². The van der Waals surface area contributed by atoms with E-state index in [-0.39, 0.29) is 30.0 Å². The maximum absolute atomic E-state index is 6.13. The maximum Gasteiger partial charge on any atom is 0.191 e. The molecule has 0 spiro atoms. The molecule has 1 unspecified atom stereocenters. The molecular formula is C19H28Cl2IN5O. The van der Waals surface area contributed by atoms with Crippen LogP contribution in [0.2, 0.25) is 10.2 Å². The van der Waals surface area contributed by atoms with Crippen molar-refractivity contribution in [1.82, 2.24) is 20.1 Å². The van der Waals surface area contributed by atoms with Crippen LogP contribution >= 0.6 is 47.2 Å². The van der Waals surface area contributed by atoms with E-state index in [1.165, 1.54) is 12.8 Å². The average molecular weight is 540 g/mol. The van der Waals surface area contributed by atoms with Gasteiger partial charge in [0.25, 0.3) is 0 Å². The Kier molecular flexibility index (Phi) is 8.98. The maximum atomic E-state index is 6.13. The predicted molar refractivity (Wildman–Crippen MR) is 126 cm³/mol. The summed E-state index contributed by atoms with van der Waals surface area (Å²) in [6.07, 6.45) is 2.47. The first-order chi connectivity index (χ1) is 13.0. The predicted octanol–water partition coefficient (Wildman–Crippen LogP) is 4.35. The van der Waals surface area contributed by atoms with Crippen LogP contribution in [0.5, 0.6) is 0 Å². The molecule has 0 aromatic carbocycles. The minimum atomic E-state index is 0. The van der Waals surface area contributed by atoms with Gasteiger partial charge in [0.15, 0.2) is 5.96 Å². The van der Waals surface area contributed by atoms with Crippen LogP contribution in [0.3, 0.4) is 0 Å². The molecule has 0 saturated carbocycles. The summed E-state index contributed by atoms with van der Waals surface area (Å²) in [6, 6.07) is 6.15. The second-order valence-electron chi connectivity index (χ2n) is 6.85. The molecule has 1 saturated heterocycles. The zero-order valence-electron chi connectivity index (χ0n) is 16.5. The Morgan fingerprint density at radius 2 is 1.96 bits per heavy atom. The second-order valence-corrected chi connectivity index (χ2v) is 7.61. The summed E-state index contributed by atoms with van der Waals surface area (Å²) < 4.78 is 7.77. The lowest BCUT2D eigenvalue weighted by Gasteiger charge is -2.26. The number of nitrogens with zero attached hydrogens (tertiary/aromatic N) is 3. The van der Waals surface area contributed by atoms with Gasteiger partial charge in [-0.2, -0.15) is 0 Å². The summed E-state index contributed by atoms with van der Waals surface area (Å²) in [7, 11) is 3.66. The number of likely N-dealkylation sites (tertiary alicyclic amines) is 1. The molecule has 3 rings (SSSR count). The number of aliphatic imine (C=N–C) groups is 1. The standard InChI is InChI=1S/C19H27Cl2N5O.HI/c1-13-6-7-17(27-13)16(26-8-4-5-9-26)12-24-19(22-2)23-11-14-10-15(20)18(21)25(14)3;/h6-7,10,16H,4-5,8-9,11-12H2,1-3H3,(H2,22,23,24);1H. The van der Waals surface area contributed by atoms with Gasteiger partial charge in [0, 0.05) is 26.3 Å². The van der Waals surface area contributed by atoms with Crippen molar-refractivity contribution in [3.63, 3.8) is 0 Å². The zero-order valence-corrected chi connectivity index (χ0v) is 20.3. The van der Waals surface area contributed by atoms with Gasteiger partial charge in [0.1, 0.15) is 16.7 Å². The summed E-state index contributed by atoms with van der Waals surface area (Å²) in [5.41, 5.74) is 0.991. The van der Waals surface area contributed by atoms with Crippen molar-refractivity contribution in [1.29, 1.82) is 0 Å². The van der Waals surface area contributed by atoms with Gasteiger partial charge in [-0.3, -0.25) is 9.89 Å². The van der Waals surface area contributed by atoms with E-state index in [0.29, 0.717) is 16.7 Å². The van der Waals surface area contributed by atoms with Crippen LogP contribution in [0.4, 0.5) is 0 Å². The molecule has 6 nitrogen and oxygen atoms in total. The summed E-state index contributed by atoms with van der Waals surface area (Å²) in [5, 5.41) is 7.85. The fraction of sp³-hybridized carbons (Fsp3) is 0.526.